The van der Waals surface area contributed by atoms with Gasteiger partial charge in [-0.15, -0.1) is 0 Å². The summed E-state index contributed by atoms with van der Waals surface area (Å²) in [7, 11) is 0. The molecule has 0 aromatic heterocycles. The standard InChI is InChI=1S/C77H138O6/c1-4-7-10-13-15-17-19-21-23-25-27-29-31-33-35-36-37-38-39-40-42-43-45-47-49-51-53-55-57-59-61-64-67-70-76(79)82-73-74(72-81-75(78)69-66-63-12-9-6-3)83-77(80)71-68-65-62-60-58-56-54-52-50-48-46-44-41-34-32-30-28-26-24-22-20-18-16-14-11-8-5-2/h8,11,16,18,22,24-25,27-28,30,34,41,74H,4-7,9-10,12-15,17,19-21,23,26,29,31-33,35-40,42-73H2,1-3H3/b11-8-,18-16-,24-22-,27-25-,30-28-,41-34-. The van der Waals surface area contributed by atoms with Crippen LogP contribution in [0.4, 0.5) is 0 Å². The second kappa shape index (κ2) is 71.3. The van der Waals surface area contributed by atoms with Gasteiger partial charge in [0.05, 0.1) is 0 Å². The molecule has 83 heavy (non-hydrogen) atoms. The van der Waals surface area contributed by atoms with Crippen LogP contribution in [0.2, 0.25) is 0 Å². The van der Waals surface area contributed by atoms with Gasteiger partial charge < -0.3 is 14.2 Å². The number of unbranched alkanes of at least 4 members (excludes halogenated alkanes) is 44. The number of ether oxygens (including phenoxy) is 3. The van der Waals surface area contributed by atoms with E-state index in [1.807, 2.05) is 0 Å². The van der Waals surface area contributed by atoms with Crippen LogP contribution in [-0.4, -0.2) is 37.2 Å². The van der Waals surface area contributed by atoms with Gasteiger partial charge in [-0.05, 0) is 89.9 Å². The van der Waals surface area contributed by atoms with Crippen LogP contribution in [0.15, 0.2) is 72.9 Å². The minimum Gasteiger partial charge on any atom is -0.462 e. The zero-order valence-corrected chi connectivity index (χ0v) is 55.5. The van der Waals surface area contributed by atoms with E-state index in [1.54, 1.807) is 0 Å². The normalized spacial score (nSPS) is 12.5. The molecular formula is C77H138O6. The van der Waals surface area contributed by atoms with Crippen molar-refractivity contribution < 1.29 is 28.6 Å². The Morgan fingerprint density at radius 3 is 0.747 bits per heavy atom. The van der Waals surface area contributed by atoms with E-state index >= 15 is 0 Å². The fourth-order valence-electron chi connectivity index (χ4n) is 10.8. The molecule has 0 fully saturated rings. The molecule has 0 N–H and O–H groups in total. The molecule has 0 aliphatic carbocycles. The number of rotatable bonds is 67. The number of hydrogen-bond donors (Lipinski definition) is 0. The lowest BCUT2D eigenvalue weighted by Gasteiger charge is -2.18. The Labute approximate surface area is 516 Å². The van der Waals surface area contributed by atoms with Crippen LogP contribution < -0.4 is 0 Å². The van der Waals surface area contributed by atoms with E-state index in [-0.39, 0.29) is 31.1 Å². The lowest BCUT2D eigenvalue weighted by molar-refractivity contribution is -0.167. The highest BCUT2D eigenvalue weighted by Crippen LogP contribution is 2.18. The smallest absolute Gasteiger partial charge is 0.306 e. The number of allylic oxidation sites excluding steroid dienone is 12. The van der Waals surface area contributed by atoms with Crippen LogP contribution in [0.25, 0.3) is 0 Å². The van der Waals surface area contributed by atoms with Crippen LogP contribution in [0.5, 0.6) is 0 Å². The molecule has 0 rings (SSSR count). The maximum absolute atomic E-state index is 12.9. The minimum atomic E-state index is -0.773. The van der Waals surface area contributed by atoms with Crippen molar-refractivity contribution in [2.24, 2.45) is 0 Å². The van der Waals surface area contributed by atoms with Crippen LogP contribution in [0.3, 0.4) is 0 Å². The third-order valence-corrected chi connectivity index (χ3v) is 16.2. The second-order valence-corrected chi connectivity index (χ2v) is 24.5. The van der Waals surface area contributed by atoms with Gasteiger partial charge in [-0.3, -0.25) is 14.4 Å². The second-order valence-electron chi connectivity index (χ2n) is 24.5. The van der Waals surface area contributed by atoms with Crippen molar-refractivity contribution in [1.82, 2.24) is 0 Å². The summed E-state index contributed by atoms with van der Waals surface area (Å²) in [5.74, 6) is -0.871. The Balaban J connectivity index is 3.92. The molecular weight excluding hydrogens is 1020 g/mol. The third-order valence-electron chi connectivity index (χ3n) is 16.2. The van der Waals surface area contributed by atoms with Gasteiger partial charge in [0.2, 0.25) is 0 Å². The summed E-state index contributed by atoms with van der Waals surface area (Å²) in [5.41, 5.74) is 0. The van der Waals surface area contributed by atoms with E-state index in [1.165, 1.54) is 244 Å². The molecule has 0 spiro atoms. The third kappa shape index (κ3) is 69.5. The van der Waals surface area contributed by atoms with E-state index in [4.69, 9.17) is 14.2 Å². The van der Waals surface area contributed by atoms with Crippen molar-refractivity contribution in [2.45, 2.75) is 386 Å². The van der Waals surface area contributed by atoms with Gasteiger partial charge in [-0.1, -0.05) is 344 Å². The zero-order chi connectivity index (χ0) is 59.9. The van der Waals surface area contributed by atoms with Gasteiger partial charge >= 0.3 is 17.9 Å². The number of carbonyl (C=O) groups is 3. The topological polar surface area (TPSA) is 78.9 Å². The van der Waals surface area contributed by atoms with Gasteiger partial charge in [0.25, 0.3) is 0 Å². The summed E-state index contributed by atoms with van der Waals surface area (Å²) < 4.78 is 16.8. The molecule has 6 heteroatoms. The average Bonchev–Trinajstić information content (AvgIpc) is 3.49. The highest BCUT2D eigenvalue weighted by Gasteiger charge is 2.19. The van der Waals surface area contributed by atoms with Gasteiger partial charge in [-0.25, -0.2) is 0 Å². The first-order valence-corrected chi connectivity index (χ1v) is 36.4. The maximum Gasteiger partial charge on any atom is 0.306 e. The lowest BCUT2D eigenvalue weighted by Crippen LogP contribution is -2.30. The Kier molecular flexibility index (Phi) is 68.6. The summed E-state index contributed by atoms with van der Waals surface area (Å²) in [5, 5.41) is 0. The predicted octanol–water partition coefficient (Wildman–Crippen LogP) is 25.2. The van der Waals surface area contributed by atoms with Crippen molar-refractivity contribution in [3.05, 3.63) is 72.9 Å². The largest absolute Gasteiger partial charge is 0.462 e. The Bertz CT molecular complexity index is 1520. The first kappa shape index (κ1) is 79.8. The van der Waals surface area contributed by atoms with Gasteiger partial charge in [0.1, 0.15) is 13.2 Å². The molecule has 0 saturated carbocycles. The van der Waals surface area contributed by atoms with E-state index < -0.39 is 6.10 Å². The summed E-state index contributed by atoms with van der Waals surface area (Å²) >= 11 is 0. The molecule has 0 saturated heterocycles. The molecule has 0 aromatic carbocycles. The summed E-state index contributed by atoms with van der Waals surface area (Å²) in [6.45, 7) is 6.49. The number of hydrogen-bond acceptors (Lipinski definition) is 6. The predicted molar refractivity (Wildman–Crippen MR) is 362 cm³/mol. The van der Waals surface area contributed by atoms with Crippen molar-refractivity contribution in [3.8, 4) is 0 Å². The molecule has 0 radical (unpaired) electrons. The number of esters is 3. The molecule has 6 nitrogen and oxygen atoms in total. The summed E-state index contributed by atoms with van der Waals surface area (Å²) in [6, 6.07) is 0. The van der Waals surface area contributed by atoms with Gasteiger partial charge in [0, 0.05) is 19.3 Å². The Hall–Kier alpha value is -3.15. The van der Waals surface area contributed by atoms with Crippen molar-refractivity contribution in [3.63, 3.8) is 0 Å². The summed E-state index contributed by atoms with van der Waals surface area (Å²) in [4.78, 5) is 38.0. The van der Waals surface area contributed by atoms with E-state index in [2.05, 4.69) is 93.7 Å². The molecule has 0 aromatic rings. The van der Waals surface area contributed by atoms with E-state index in [0.717, 1.165) is 96.3 Å². The molecule has 1 unspecified atom stereocenters. The van der Waals surface area contributed by atoms with E-state index in [9.17, 15) is 14.4 Å². The van der Waals surface area contributed by atoms with Crippen molar-refractivity contribution in [2.75, 3.05) is 13.2 Å². The van der Waals surface area contributed by atoms with Crippen LogP contribution in [0, 0.1) is 0 Å². The van der Waals surface area contributed by atoms with Crippen molar-refractivity contribution in [1.29, 1.82) is 0 Å². The minimum absolute atomic E-state index is 0.0724. The van der Waals surface area contributed by atoms with Gasteiger partial charge in [0.15, 0.2) is 6.10 Å². The molecule has 482 valence electrons. The van der Waals surface area contributed by atoms with Crippen molar-refractivity contribution >= 4 is 17.9 Å². The van der Waals surface area contributed by atoms with Gasteiger partial charge in [-0.2, -0.15) is 0 Å². The quantitative estimate of drug-likeness (QED) is 0.0261. The fourth-order valence-corrected chi connectivity index (χ4v) is 10.8. The summed E-state index contributed by atoms with van der Waals surface area (Å²) in [6.07, 6.45) is 94.3. The highest BCUT2D eigenvalue weighted by molar-refractivity contribution is 5.71. The molecule has 0 amide bonds. The van der Waals surface area contributed by atoms with Crippen LogP contribution >= 0.6 is 0 Å². The lowest BCUT2D eigenvalue weighted by atomic mass is 10.0. The Morgan fingerprint density at radius 2 is 0.470 bits per heavy atom. The number of carbonyl (C=O) groups excluding carboxylic acids is 3. The fraction of sp³-hybridized carbons (Fsp3) is 0.805. The van der Waals surface area contributed by atoms with E-state index in [0.29, 0.717) is 19.3 Å². The first-order chi connectivity index (χ1) is 41.0. The molecule has 1 atom stereocenters. The first-order valence-electron chi connectivity index (χ1n) is 36.4. The van der Waals surface area contributed by atoms with Crippen LogP contribution in [-0.2, 0) is 28.6 Å². The maximum atomic E-state index is 12.9. The van der Waals surface area contributed by atoms with Crippen LogP contribution in [0.1, 0.15) is 380 Å². The molecule has 0 heterocycles. The zero-order valence-electron chi connectivity index (χ0n) is 55.5. The molecule has 0 aliphatic rings. The highest BCUT2D eigenvalue weighted by atomic mass is 16.6. The SMILES string of the molecule is CC/C=C\C/C=C\C/C=C\C/C=C\C/C=C\CCCCCCCCCCCCCC(=O)OC(COC(=O)CCCCCCC)COC(=O)CCCCCCCCCCCCCCCCCCCCCCC/C=C\CCCCCCCCCC. The molecule has 0 aliphatic heterocycles. The average molecular weight is 1160 g/mol. The Morgan fingerprint density at radius 1 is 0.253 bits per heavy atom. The molecule has 0 bridgehead atoms. The monoisotopic (exact) mass is 1160 g/mol.